The number of nitrogens with zero attached hydrogens (tertiary/aromatic N) is 1. The molecule has 0 aliphatic heterocycles. The summed E-state index contributed by atoms with van der Waals surface area (Å²) < 4.78 is 0. The Bertz CT molecular complexity index is 635. The minimum absolute atomic E-state index is 0.0843. The lowest BCUT2D eigenvalue weighted by Crippen LogP contribution is -2.19. The molecule has 0 aromatic carbocycles. The van der Waals surface area contributed by atoms with E-state index in [1.54, 1.807) is 6.08 Å². The molecule has 24 heavy (non-hydrogen) atoms. The Kier molecular flexibility index (Phi) is 7.03. The normalized spacial score (nSPS) is 20.1. The summed E-state index contributed by atoms with van der Waals surface area (Å²) in [5, 5.41) is 8.68. The van der Waals surface area contributed by atoms with Crippen molar-refractivity contribution in [2.24, 2.45) is 10.8 Å². The number of rotatable bonds is 4. The first kappa shape index (κ1) is 20.2. The van der Waals surface area contributed by atoms with Gasteiger partial charge in [-0.05, 0) is 60.7 Å². The van der Waals surface area contributed by atoms with Crippen molar-refractivity contribution in [3.05, 3.63) is 58.7 Å². The van der Waals surface area contributed by atoms with Crippen LogP contribution in [0.2, 0.25) is 0 Å². The van der Waals surface area contributed by atoms with Crippen LogP contribution in [0.15, 0.2) is 58.7 Å². The Labute approximate surface area is 149 Å². The summed E-state index contributed by atoms with van der Waals surface area (Å²) in [5.41, 5.74) is 5.64. The highest BCUT2D eigenvalue weighted by molar-refractivity contribution is 5.39. The van der Waals surface area contributed by atoms with Crippen LogP contribution >= 0.6 is 0 Å². The molecule has 1 aliphatic rings. The largest absolute Gasteiger partial charge is 0.193 e. The van der Waals surface area contributed by atoms with Crippen molar-refractivity contribution in [2.45, 2.75) is 67.7 Å². The van der Waals surface area contributed by atoms with Crippen LogP contribution in [0.25, 0.3) is 0 Å². The van der Waals surface area contributed by atoms with Gasteiger partial charge >= 0.3 is 0 Å². The molecule has 0 fully saturated rings. The molecule has 0 heterocycles. The molecule has 0 N–H and O–H groups in total. The van der Waals surface area contributed by atoms with Gasteiger partial charge in [-0.15, -0.1) is 0 Å². The van der Waals surface area contributed by atoms with Crippen molar-refractivity contribution in [3.63, 3.8) is 0 Å². The van der Waals surface area contributed by atoms with Crippen molar-refractivity contribution in [2.75, 3.05) is 0 Å². The van der Waals surface area contributed by atoms with Gasteiger partial charge in [-0.2, -0.15) is 5.26 Å². The second kappa shape index (κ2) is 8.34. The van der Waals surface area contributed by atoms with Gasteiger partial charge in [-0.25, -0.2) is 0 Å². The highest BCUT2D eigenvalue weighted by Gasteiger charge is 2.26. The van der Waals surface area contributed by atoms with Gasteiger partial charge in [0, 0.05) is 6.08 Å². The summed E-state index contributed by atoms with van der Waals surface area (Å²) in [6.07, 6.45) is 16.1. The first-order chi connectivity index (χ1) is 11.1. The first-order valence-electron chi connectivity index (χ1n) is 8.91. The maximum absolute atomic E-state index is 8.68. The minimum atomic E-state index is 0.0843. The van der Waals surface area contributed by atoms with Gasteiger partial charge in [0.15, 0.2) is 0 Å². The van der Waals surface area contributed by atoms with Crippen molar-refractivity contribution in [1.82, 2.24) is 0 Å². The Hall–Kier alpha value is -1.81. The third-order valence-electron chi connectivity index (χ3n) is 4.77. The van der Waals surface area contributed by atoms with E-state index >= 15 is 0 Å². The average Bonchev–Trinajstić information content (AvgIpc) is 2.43. The topological polar surface area (TPSA) is 23.8 Å². The second-order valence-electron chi connectivity index (χ2n) is 8.51. The van der Waals surface area contributed by atoms with E-state index in [0.717, 1.165) is 5.57 Å². The molecule has 0 unspecified atom stereocenters. The summed E-state index contributed by atoms with van der Waals surface area (Å²) in [6.45, 7) is 15.6. The van der Waals surface area contributed by atoms with E-state index in [9.17, 15) is 0 Å². The molecule has 0 saturated heterocycles. The van der Waals surface area contributed by atoms with Gasteiger partial charge in [-0.3, -0.25) is 0 Å². The molecule has 0 spiro atoms. The smallest absolute Gasteiger partial charge is 0.0914 e. The predicted octanol–water partition coefficient (Wildman–Crippen LogP) is 7.07. The molecule has 0 saturated carbocycles. The molecule has 130 valence electrons. The van der Waals surface area contributed by atoms with E-state index < -0.39 is 0 Å². The van der Waals surface area contributed by atoms with Crippen LogP contribution in [0.1, 0.15) is 67.7 Å². The molecule has 0 atom stereocenters. The number of hydrogen-bond acceptors (Lipinski definition) is 1. The summed E-state index contributed by atoms with van der Waals surface area (Å²) in [5.74, 6) is 0. The van der Waals surface area contributed by atoms with Crippen molar-refractivity contribution in [1.29, 1.82) is 5.26 Å². The minimum Gasteiger partial charge on any atom is -0.193 e. The zero-order chi connectivity index (χ0) is 18.4. The van der Waals surface area contributed by atoms with Crippen molar-refractivity contribution in [3.8, 4) is 6.07 Å². The predicted molar refractivity (Wildman–Crippen MR) is 106 cm³/mol. The number of hydrogen-bond donors (Lipinski definition) is 0. The van der Waals surface area contributed by atoms with Gasteiger partial charge in [-0.1, -0.05) is 70.6 Å². The quantitative estimate of drug-likeness (QED) is 0.401. The zero-order valence-corrected chi connectivity index (χ0v) is 16.5. The lowest BCUT2D eigenvalue weighted by atomic mass is 9.72. The maximum atomic E-state index is 8.68. The molecular weight excluding hydrogens is 290 g/mol. The molecule has 0 aromatic heterocycles. The van der Waals surface area contributed by atoms with Crippen LogP contribution in [0.4, 0.5) is 0 Å². The fourth-order valence-corrected chi connectivity index (χ4v) is 3.19. The Morgan fingerprint density at radius 1 is 1.21 bits per heavy atom. The number of allylic oxidation sites excluding steroid dienone is 10. The van der Waals surface area contributed by atoms with Crippen LogP contribution in [-0.2, 0) is 0 Å². The maximum Gasteiger partial charge on any atom is 0.0914 e. The Morgan fingerprint density at radius 3 is 2.42 bits per heavy atom. The Morgan fingerprint density at radius 2 is 1.88 bits per heavy atom. The highest BCUT2D eigenvalue weighted by atomic mass is 14.3. The molecular formula is C23H33N. The van der Waals surface area contributed by atoms with Gasteiger partial charge in [0.1, 0.15) is 0 Å². The fraction of sp³-hybridized carbons (Fsp3) is 0.522. The summed E-state index contributed by atoms with van der Waals surface area (Å²) in [4.78, 5) is 0. The average molecular weight is 324 g/mol. The Balaban J connectivity index is 3.12. The lowest BCUT2D eigenvalue weighted by Gasteiger charge is -2.33. The fourth-order valence-electron chi connectivity index (χ4n) is 3.19. The van der Waals surface area contributed by atoms with Crippen LogP contribution in [0.5, 0.6) is 0 Å². The van der Waals surface area contributed by atoms with Gasteiger partial charge in [0.2, 0.25) is 0 Å². The van der Waals surface area contributed by atoms with E-state index in [0.29, 0.717) is 0 Å². The second-order valence-corrected chi connectivity index (χ2v) is 8.51. The summed E-state index contributed by atoms with van der Waals surface area (Å²) >= 11 is 0. The SMILES string of the molecule is CC1=C(/C=C/C(=C/C=C/C(C)=C/C#N)C(C)(C)C)C(C)(C)CCC1. The molecule has 1 rings (SSSR count). The van der Waals surface area contributed by atoms with Crippen LogP contribution in [-0.4, -0.2) is 0 Å². The van der Waals surface area contributed by atoms with Gasteiger partial charge in [0.05, 0.1) is 6.07 Å². The monoisotopic (exact) mass is 323 g/mol. The third kappa shape index (κ3) is 6.00. The molecule has 1 nitrogen and oxygen atoms in total. The lowest BCUT2D eigenvalue weighted by molar-refractivity contribution is 0.376. The van der Waals surface area contributed by atoms with Crippen LogP contribution in [0.3, 0.4) is 0 Å². The first-order valence-corrected chi connectivity index (χ1v) is 8.91. The van der Waals surface area contributed by atoms with E-state index in [1.165, 1.54) is 36.0 Å². The summed E-state index contributed by atoms with van der Waals surface area (Å²) in [6, 6.07) is 2.06. The van der Waals surface area contributed by atoms with Gasteiger partial charge < -0.3 is 0 Å². The van der Waals surface area contributed by atoms with Gasteiger partial charge in [0.25, 0.3) is 0 Å². The van der Waals surface area contributed by atoms with Crippen LogP contribution < -0.4 is 0 Å². The molecule has 0 aromatic rings. The number of nitriles is 1. The highest BCUT2D eigenvalue weighted by Crippen LogP contribution is 2.41. The molecule has 1 aliphatic carbocycles. The van der Waals surface area contributed by atoms with E-state index in [-0.39, 0.29) is 10.8 Å². The molecule has 1 heteroatoms. The molecule has 0 bridgehead atoms. The zero-order valence-electron chi connectivity index (χ0n) is 16.5. The van der Waals surface area contributed by atoms with E-state index in [2.05, 4.69) is 65.8 Å². The van der Waals surface area contributed by atoms with E-state index in [1.807, 2.05) is 19.1 Å². The van der Waals surface area contributed by atoms with Crippen molar-refractivity contribution >= 4 is 0 Å². The third-order valence-corrected chi connectivity index (χ3v) is 4.77. The molecule has 0 amide bonds. The summed E-state index contributed by atoms with van der Waals surface area (Å²) in [7, 11) is 0. The van der Waals surface area contributed by atoms with Crippen LogP contribution in [0, 0.1) is 22.2 Å². The molecule has 0 radical (unpaired) electrons. The van der Waals surface area contributed by atoms with Crippen molar-refractivity contribution < 1.29 is 0 Å². The van der Waals surface area contributed by atoms with E-state index in [4.69, 9.17) is 5.26 Å². The standard InChI is InChI=1S/C23H33N/c1-18(15-17-24)10-8-12-20(22(3,4)5)13-14-21-19(2)11-9-16-23(21,6)7/h8,10,12-15H,9,11,16H2,1-7H3/b10-8+,14-13+,18-15+,20-12-.